The van der Waals surface area contributed by atoms with Crippen LogP contribution in [0.1, 0.15) is 43.9 Å². The maximum Gasteiger partial charge on any atom is -0.00262 e. The summed E-state index contributed by atoms with van der Waals surface area (Å²) in [6.07, 6.45) is 6.14. The van der Waals surface area contributed by atoms with Gasteiger partial charge in [-0.15, -0.1) is 0 Å². The van der Waals surface area contributed by atoms with Crippen molar-refractivity contribution in [1.29, 1.82) is 0 Å². The maximum absolute atomic E-state index is 4.14. The van der Waals surface area contributed by atoms with Gasteiger partial charge < -0.3 is 0 Å². The Morgan fingerprint density at radius 1 is 0.467 bits per heavy atom. The van der Waals surface area contributed by atoms with E-state index in [4.69, 9.17) is 0 Å². The highest BCUT2D eigenvalue weighted by molar-refractivity contribution is 6.21. The van der Waals surface area contributed by atoms with Crippen molar-refractivity contribution >= 4 is 44.5 Å². The fourth-order valence-corrected chi connectivity index (χ4v) is 6.61. The van der Waals surface area contributed by atoms with Crippen LogP contribution in [0.3, 0.4) is 0 Å². The van der Waals surface area contributed by atoms with Crippen LogP contribution in [0, 0.1) is 0 Å². The maximum atomic E-state index is 4.14. The number of hydrogen-bond acceptors (Lipinski definition) is 0. The van der Waals surface area contributed by atoms with Crippen LogP contribution in [0.25, 0.3) is 77.9 Å². The predicted molar refractivity (Wildman–Crippen MR) is 201 cm³/mol. The first-order valence-corrected chi connectivity index (χ1v) is 16.1. The van der Waals surface area contributed by atoms with Crippen LogP contribution < -0.4 is 0 Å². The van der Waals surface area contributed by atoms with Crippen molar-refractivity contribution in [3.63, 3.8) is 0 Å². The van der Waals surface area contributed by atoms with E-state index in [1.165, 1.54) is 83.2 Å². The Hall–Kier alpha value is -5.20. The normalized spacial score (nSPS) is 10.9. The van der Waals surface area contributed by atoms with Crippen LogP contribution in [-0.2, 0) is 6.42 Å². The summed E-state index contributed by atoms with van der Waals surface area (Å²) in [4.78, 5) is 0. The molecule has 7 aromatic rings. The van der Waals surface area contributed by atoms with E-state index in [2.05, 4.69) is 161 Å². The first kappa shape index (κ1) is 29.9. The average Bonchev–Trinajstić information content (AvgIpc) is 3.10. The SMILES string of the molecule is C=Cc1c(CC)ccc(-c2ccc(-c3c4ccccc4c(-c4ccc5ccccc5c4)c4ccccc34)cc2)c1C=C.CCC. The van der Waals surface area contributed by atoms with Gasteiger partial charge in [-0.1, -0.05) is 174 Å². The topological polar surface area (TPSA) is 0 Å². The van der Waals surface area contributed by atoms with Crippen molar-refractivity contribution in [1.82, 2.24) is 0 Å². The zero-order chi connectivity index (χ0) is 31.3. The number of rotatable bonds is 6. The highest BCUT2D eigenvalue weighted by atomic mass is 14.2. The van der Waals surface area contributed by atoms with E-state index in [-0.39, 0.29) is 0 Å². The van der Waals surface area contributed by atoms with E-state index >= 15 is 0 Å². The van der Waals surface area contributed by atoms with Gasteiger partial charge in [0.25, 0.3) is 0 Å². The van der Waals surface area contributed by atoms with Gasteiger partial charge in [0, 0.05) is 0 Å². The molecule has 0 nitrogen and oxygen atoms in total. The quantitative estimate of drug-likeness (QED) is 0.172. The van der Waals surface area contributed by atoms with Crippen LogP contribution >= 0.6 is 0 Å². The zero-order valence-electron chi connectivity index (χ0n) is 26.6. The molecule has 0 heteroatoms. The fourth-order valence-electron chi connectivity index (χ4n) is 6.61. The predicted octanol–water partition coefficient (Wildman–Crippen LogP) is 13.4. The lowest BCUT2D eigenvalue weighted by molar-refractivity contribution is 1.09. The molecule has 0 heterocycles. The molecule has 220 valence electrons. The van der Waals surface area contributed by atoms with Gasteiger partial charge in [0.15, 0.2) is 0 Å². The third-order valence-corrected chi connectivity index (χ3v) is 8.62. The molecular formula is C45H40. The molecular weight excluding hydrogens is 540 g/mol. The van der Waals surface area contributed by atoms with Crippen molar-refractivity contribution in [2.24, 2.45) is 0 Å². The van der Waals surface area contributed by atoms with Gasteiger partial charge in [-0.05, 0) is 94.9 Å². The van der Waals surface area contributed by atoms with Crippen LogP contribution in [0.15, 0.2) is 141 Å². The van der Waals surface area contributed by atoms with Gasteiger partial charge in [0.1, 0.15) is 0 Å². The monoisotopic (exact) mass is 580 g/mol. The molecule has 0 aliphatic rings. The molecule has 7 rings (SSSR count). The number of hydrogen-bond donors (Lipinski definition) is 0. The molecule has 0 aliphatic carbocycles. The van der Waals surface area contributed by atoms with Crippen LogP contribution in [0.2, 0.25) is 0 Å². The second-order valence-electron chi connectivity index (χ2n) is 11.5. The molecule has 0 saturated heterocycles. The van der Waals surface area contributed by atoms with E-state index < -0.39 is 0 Å². The highest BCUT2D eigenvalue weighted by Gasteiger charge is 2.17. The first-order chi connectivity index (χ1) is 22.1. The Kier molecular flexibility index (Phi) is 8.76. The summed E-state index contributed by atoms with van der Waals surface area (Å²) < 4.78 is 0. The van der Waals surface area contributed by atoms with Crippen molar-refractivity contribution < 1.29 is 0 Å². The zero-order valence-corrected chi connectivity index (χ0v) is 26.6. The standard InChI is InChI=1S/C42H32.C3H8/c1-4-28-25-26-36(35(6-3)34(28)5-2)30-20-22-31(23-21-30)41-37-15-9-11-17-39(37)42(40-18-12-10-16-38(40)41)33-24-19-29-13-7-8-14-32(29)27-33;1-3-2/h5-27H,2-4H2,1H3;3H2,1-2H3. The molecule has 0 amide bonds. The molecule has 0 radical (unpaired) electrons. The summed E-state index contributed by atoms with van der Waals surface area (Å²) in [6.45, 7) is 14.7. The Morgan fingerprint density at radius 2 is 0.933 bits per heavy atom. The minimum Gasteiger partial charge on any atom is -0.0984 e. The van der Waals surface area contributed by atoms with Crippen molar-refractivity contribution in [2.45, 2.75) is 33.6 Å². The van der Waals surface area contributed by atoms with Gasteiger partial charge in [-0.3, -0.25) is 0 Å². The average molecular weight is 581 g/mol. The second-order valence-corrected chi connectivity index (χ2v) is 11.5. The van der Waals surface area contributed by atoms with Gasteiger partial charge >= 0.3 is 0 Å². The Bertz CT molecular complexity index is 2100. The van der Waals surface area contributed by atoms with Crippen LogP contribution in [0.5, 0.6) is 0 Å². The summed E-state index contributed by atoms with van der Waals surface area (Å²) >= 11 is 0. The first-order valence-electron chi connectivity index (χ1n) is 16.1. The summed E-state index contributed by atoms with van der Waals surface area (Å²) in [5.74, 6) is 0. The van der Waals surface area contributed by atoms with Gasteiger partial charge in [-0.2, -0.15) is 0 Å². The highest BCUT2D eigenvalue weighted by Crippen LogP contribution is 2.44. The molecule has 0 bridgehead atoms. The molecule has 0 saturated carbocycles. The van der Waals surface area contributed by atoms with Crippen LogP contribution in [0.4, 0.5) is 0 Å². The summed E-state index contributed by atoms with van der Waals surface area (Å²) in [5.41, 5.74) is 11.0. The summed E-state index contributed by atoms with van der Waals surface area (Å²) in [5, 5.41) is 7.58. The number of aryl methyl sites for hydroxylation is 1. The molecule has 0 fully saturated rings. The fraction of sp³-hybridized carbons (Fsp3) is 0.111. The number of benzene rings is 7. The Morgan fingerprint density at radius 3 is 1.47 bits per heavy atom. The number of fused-ring (bicyclic) bond motifs is 3. The van der Waals surface area contributed by atoms with E-state index in [1.807, 2.05) is 12.2 Å². The molecule has 0 unspecified atom stereocenters. The van der Waals surface area contributed by atoms with E-state index in [1.54, 1.807) is 0 Å². The van der Waals surface area contributed by atoms with Crippen LogP contribution in [-0.4, -0.2) is 0 Å². The van der Waals surface area contributed by atoms with Crippen molar-refractivity contribution in [2.75, 3.05) is 0 Å². The van der Waals surface area contributed by atoms with E-state index in [0.29, 0.717) is 0 Å². The minimum atomic E-state index is 0.969. The lowest BCUT2D eigenvalue weighted by atomic mass is 9.85. The molecule has 0 N–H and O–H groups in total. The molecule has 7 aromatic carbocycles. The third-order valence-electron chi connectivity index (χ3n) is 8.62. The van der Waals surface area contributed by atoms with E-state index in [9.17, 15) is 0 Å². The second kappa shape index (κ2) is 13.2. The lowest BCUT2D eigenvalue weighted by Gasteiger charge is -2.18. The lowest BCUT2D eigenvalue weighted by Crippen LogP contribution is -1.94. The van der Waals surface area contributed by atoms with Gasteiger partial charge in [-0.25, -0.2) is 0 Å². The third kappa shape index (κ3) is 5.49. The largest absolute Gasteiger partial charge is 0.0984 e. The summed E-state index contributed by atoms with van der Waals surface area (Å²) in [7, 11) is 0. The smallest absolute Gasteiger partial charge is 0.00262 e. The van der Waals surface area contributed by atoms with Crippen molar-refractivity contribution in [3.8, 4) is 33.4 Å². The molecule has 0 aromatic heterocycles. The molecule has 45 heavy (non-hydrogen) atoms. The molecule has 0 spiro atoms. The minimum absolute atomic E-state index is 0.969. The molecule has 0 atom stereocenters. The Labute approximate surface area is 268 Å². The van der Waals surface area contributed by atoms with E-state index in [0.717, 1.165) is 12.0 Å². The van der Waals surface area contributed by atoms with Gasteiger partial charge in [0.2, 0.25) is 0 Å². The Balaban J connectivity index is 0.00000115. The van der Waals surface area contributed by atoms with Gasteiger partial charge in [0.05, 0.1) is 0 Å². The van der Waals surface area contributed by atoms with Crippen molar-refractivity contribution in [3.05, 3.63) is 157 Å². The molecule has 0 aliphatic heterocycles. The summed E-state index contributed by atoms with van der Waals surface area (Å²) in [6, 6.07) is 46.6.